The first-order chi connectivity index (χ1) is 19.5. The van der Waals surface area contributed by atoms with Gasteiger partial charge < -0.3 is 25.0 Å². The molecular formula is C31H26N4O4S. The lowest BCUT2D eigenvalue weighted by atomic mass is 10.0. The third-order valence-electron chi connectivity index (χ3n) is 6.80. The number of thiophene rings is 1. The summed E-state index contributed by atoms with van der Waals surface area (Å²) in [4.78, 5) is 36.0. The molecule has 0 bridgehead atoms. The van der Waals surface area contributed by atoms with Gasteiger partial charge in [-0.25, -0.2) is 0 Å². The van der Waals surface area contributed by atoms with Crippen molar-refractivity contribution in [1.82, 2.24) is 4.98 Å². The quantitative estimate of drug-likeness (QED) is 0.170. The van der Waals surface area contributed by atoms with E-state index in [2.05, 4.69) is 20.2 Å². The summed E-state index contributed by atoms with van der Waals surface area (Å²) in [5, 5.41) is 15.9. The van der Waals surface area contributed by atoms with E-state index in [0.29, 0.717) is 38.2 Å². The number of aromatic nitrogens is 1. The number of benzene rings is 3. The van der Waals surface area contributed by atoms with E-state index in [1.165, 1.54) is 11.3 Å². The van der Waals surface area contributed by atoms with Crippen LogP contribution in [0.15, 0.2) is 89.2 Å². The molecular weight excluding hydrogens is 524 g/mol. The van der Waals surface area contributed by atoms with Gasteiger partial charge in [0.1, 0.15) is 0 Å². The van der Waals surface area contributed by atoms with Crippen LogP contribution >= 0.6 is 11.3 Å². The SMILES string of the molecule is O=C(c1ccc(NC(=O)c2cccs2)cc1)c1ccc2[nH]c(O)c(C=Nc3ccc(N4CCOCC4)cc3)c2c1. The van der Waals surface area contributed by atoms with E-state index in [1.807, 2.05) is 35.7 Å². The fourth-order valence-corrected chi connectivity index (χ4v) is 5.27. The van der Waals surface area contributed by atoms with Crippen LogP contribution in [-0.4, -0.2) is 54.3 Å². The van der Waals surface area contributed by atoms with Crippen LogP contribution in [0.2, 0.25) is 0 Å². The van der Waals surface area contributed by atoms with E-state index in [-0.39, 0.29) is 17.6 Å². The molecule has 200 valence electrons. The zero-order chi connectivity index (χ0) is 27.5. The molecule has 1 amide bonds. The summed E-state index contributed by atoms with van der Waals surface area (Å²) >= 11 is 1.37. The Morgan fingerprint density at radius 3 is 2.45 bits per heavy atom. The lowest BCUT2D eigenvalue weighted by molar-refractivity contribution is 0.102. The third kappa shape index (κ3) is 5.38. The first kappa shape index (κ1) is 25.5. The highest BCUT2D eigenvalue weighted by molar-refractivity contribution is 7.12. The Bertz CT molecular complexity index is 1680. The average molecular weight is 551 g/mol. The normalized spacial score (nSPS) is 13.7. The number of hydrogen-bond acceptors (Lipinski definition) is 7. The van der Waals surface area contributed by atoms with Gasteiger partial charge in [0.15, 0.2) is 11.7 Å². The van der Waals surface area contributed by atoms with Gasteiger partial charge in [-0.3, -0.25) is 14.6 Å². The molecule has 1 aliphatic rings. The Morgan fingerprint density at radius 2 is 1.73 bits per heavy atom. The number of morpholine rings is 1. The van der Waals surface area contributed by atoms with E-state index in [1.54, 1.807) is 54.7 Å². The predicted octanol–water partition coefficient (Wildman–Crippen LogP) is 6.01. The number of fused-ring (bicyclic) bond motifs is 1. The first-order valence-corrected chi connectivity index (χ1v) is 13.7. The third-order valence-corrected chi connectivity index (χ3v) is 7.67. The largest absolute Gasteiger partial charge is 0.494 e. The van der Waals surface area contributed by atoms with Gasteiger partial charge in [0.2, 0.25) is 0 Å². The fourth-order valence-electron chi connectivity index (χ4n) is 4.65. The van der Waals surface area contributed by atoms with Gasteiger partial charge in [0.05, 0.1) is 29.3 Å². The number of anilines is 2. The number of aromatic hydroxyl groups is 1. The number of hydrogen-bond donors (Lipinski definition) is 3. The number of ether oxygens (including phenoxy) is 1. The number of aliphatic imine (C=N–C) groups is 1. The molecule has 1 fully saturated rings. The van der Waals surface area contributed by atoms with Crippen LogP contribution in [0.25, 0.3) is 10.9 Å². The number of H-pyrrole nitrogens is 1. The summed E-state index contributed by atoms with van der Waals surface area (Å²) in [6, 6.07) is 23.6. The van der Waals surface area contributed by atoms with Crippen molar-refractivity contribution in [3.63, 3.8) is 0 Å². The summed E-state index contributed by atoms with van der Waals surface area (Å²) in [5.74, 6) is -0.367. The molecule has 0 saturated carbocycles. The second kappa shape index (κ2) is 11.2. The van der Waals surface area contributed by atoms with Crippen LogP contribution in [0.1, 0.15) is 31.2 Å². The molecule has 1 aliphatic heterocycles. The van der Waals surface area contributed by atoms with Gasteiger partial charge in [-0.05, 0) is 78.2 Å². The van der Waals surface area contributed by atoms with Crippen molar-refractivity contribution < 1.29 is 19.4 Å². The topological polar surface area (TPSA) is 107 Å². The van der Waals surface area contributed by atoms with Crippen LogP contribution < -0.4 is 10.2 Å². The van der Waals surface area contributed by atoms with Crippen molar-refractivity contribution in [2.75, 3.05) is 36.5 Å². The molecule has 3 N–H and O–H groups in total. The van der Waals surface area contributed by atoms with Gasteiger partial charge >= 0.3 is 0 Å². The van der Waals surface area contributed by atoms with Gasteiger partial charge in [-0.15, -0.1) is 11.3 Å². The first-order valence-electron chi connectivity index (χ1n) is 12.9. The highest BCUT2D eigenvalue weighted by Gasteiger charge is 2.15. The number of nitrogens with one attached hydrogen (secondary N) is 2. The molecule has 0 unspecified atom stereocenters. The lowest BCUT2D eigenvalue weighted by Crippen LogP contribution is -2.36. The Morgan fingerprint density at radius 1 is 0.975 bits per heavy atom. The van der Waals surface area contributed by atoms with E-state index >= 15 is 0 Å². The second-order valence-corrected chi connectivity index (χ2v) is 10.3. The smallest absolute Gasteiger partial charge is 0.265 e. The van der Waals surface area contributed by atoms with Crippen molar-refractivity contribution in [2.45, 2.75) is 0 Å². The molecule has 0 radical (unpaired) electrons. The van der Waals surface area contributed by atoms with E-state index in [4.69, 9.17) is 4.74 Å². The van der Waals surface area contributed by atoms with E-state index in [0.717, 1.165) is 37.7 Å². The Balaban J connectivity index is 1.19. The van der Waals surface area contributed by atoms with Crippen molar-refractivity contribution in [3.8, 4) is 5.88 Å². The summed E-state index contributed by atoms with van der Waals surface area (Å²) in [6.07, 6.45) is 1.61. The summed E-state index contributed by atoms with van der Waals surface area (Å²) in [6.45, 7) is 3.18. The van der Waals surface area contributed by atoms with Crippen LogP contribution in [0.3, 0.4) is 0 Å². The molecule has 2 aromatic heterocycles. The number of aromatic amines is 1. The van der Waals surface area contributed by atoms with Crippen molar-refractivity contribution in [3.05, 3.63) is 106 Å². The van der Waals surface area contributed by atoms with Gasteiger partial charge in [0, 0.05) is 52.7 Å². The number of nitrogens with zero attached hydrogens (tertiary/aromatic N) is 2. The highest BCUT2D eigenvalue weighted by atomic mass is 32.1. The average Bonchev–Trinajstić information content (AvgIpc) is 3.64. The predicted molar refractivity (Wildman–Crippen MR) is 159 cm³/mol. The van der Waals surface area contributed by atoms with Gasteiger partial charge in [-0.2, -0.15) is 0 Å². The van der Waals surface area contributed by atoms with Crippen LogP contribution in [0.4, 0.5) is 17.1 Å². The molecule has 6 rings (SSSR count). The molecule has 1 saturated heterocycles. The minimum Gasteiger partial charge on any atom is -0.494 e. The zero-order valence-electron chi connectivity index (χ0n) is 21.5. The fraction of sp³-hybridized carbons (Fsp3) is 0.129. The number of rotatable bonds is 7. The molecule has 0 spiro atoms. The van der Waals surface area contributed by atoms with E-state index < -0.39 is 0 Å². The minimum atomic E-state index is -0.186. The molecule has 3 aromatic carbocycles. The number of ketones is 1. The van der Waals surface area contributed by atoms with Crippen molar-refractivity contribution in [2.24, 2.45) is 4.99 Å². The maximum Gasteiger partial charge on any atom is 0.265 e. The van der Waals surface area contributed by atoms with Gasteiger partial charge in [-0.1, -0.05) is 6.07 Å². The van der Waals surface area contributed by atoms with Crippen LogP contribution in [0, 0.1) is 0 Å². The van der Waals surface area contributed by atoms with Crippen molar-refractivity contribution >= 4 is 57.2 Å². The zero-order valence-corrected chi connectivity index (χ0v) is 22.3. The second-order valence-electron chi connectivity index (χ2n) is 9.36. The Hall–Kier alpha value is -4.73. The number of amides is 1. The van der Waals surface area contributed by atoms with Crippen molar-refractivity contribution in [1.29, 1.82) is 0 Å². The minimum absolute atomic E-state index is 0.0147. The summed E-state index contributed by atoms with van der Waals surface area (Å²) in [7, 11) is 0. The summed E-state index contributed by atoms with van der Waals surface area (Å²) in [5.41, 5.74) is 4.66. The van der Waals surface area contributed by atoms with Crippen LogP contribution in [-0.2, 0) is 4.74 Å². The number of carbonyl (C=O) groups excluding carboxylic acids is 2. The molecule has 9 heteroatoms. The molecule has 0 atom stereocenters. The maximum atomic E-state index is 13.3. The summed E-state index contributed by atoms with van der Waals surface area (Å²) < 4.78 is 5.42. The molecule has 0 aliphatic carbocycles. The Labute approximate surface area is 234 Å². The number of carbonyl (C=O) groups is 2. The van der Waals surface area contributed by atoms with Gasteiger partial charge in [0.25, 0.3) is 5.91 Å². The molecule has 5 aromatic rings. The van der Waals surface area contributed by atoms with Crippen LogP contribution in [0.5, 0.6) is 5.88 Å². The highest BCUT2D eigenvalue weighted by Crippen LogP contribution is 2.29. The standard InChI is InChI=1S/C31H26N4O4S/c36-29(20-3-6-23(7-4-20)33-31(38)28-2-1-17-40-28)21-5-12-27-25(18-21)26(30(37)34-27)19-32-22-8-10-24(11-9-22)35-13-15-39-16-14-35/h1-12,17-19,34,37H,13-16H2,(H,33,38). The maximum absolute atomic E-state index is 13.3. The Kier molecular flexibility index (Phi) is 7.13. The molecule has 3 heterocycles. The lowest BCUT2D eigenvalue weighted by Gasteiger charge is -2.28. The van der Waals surface area contributed by atoms with E-state index in [9.17, 15) is 14.7 Å². The molecule has 8 nitrogen and oxygen atoms in total. The monoisotopic (exact) mass is 550 g/mol. The molecule has 40 heavy (non-hydrogen) atoms.